The van der Waals surface area contributed by atoms with Gasteiger partial charge in [0.25, 0.3) is 0 Å². The highest BCUT2D eigenvalue weighted by Gasteiger charge is 2.37. The van der Waals surface area contributed by atoms with Crippen LogP contribution in [0.25, 0.3) is 0 Å². The van der Waals surface area contributed by atoms with E-state index in [1.54, 1.807) is 11.0 Å². The summed E-state index contributed by atoms with van der Waals surface area (Å²) in [5.74, 6) is 0.690. The van der Waals surface area contributed by atoms with Crippen molar-refractivity contribution in [3.8, 4) is 0 Å². The van der Waals surface area contributed by atoms with Crippen LogP contribution in [0.4, 0.5) is 0 Å². The van der Waals surface area contributed by atoms with Gasteiger partial charge in [-0.05, 0) is 49.0 Å². The Morgan fingerprint density at radius 1 is 1.40 bits per heavy atom. The summed E-state index contributed by atoms with van der Waals surface area (Å²) in [6.45, 7) is 9.66. The van der Waals surface area contributed by atoms with E-state index in [1.165, 1.54) is 0 Å². The van der Waals surface area contributed by atoms with Gasteiger partial charge >= 0.3 is 0 Å². The molecule has 0 radical (unpaired) electrons. The molecule has 2 heterocycles. The Kier molecular flexibility index (Phi) is 7.46. The summed E-state index contributed by atoms with van der Waals surface area (Å²) in [6, 6.07) is 2.40. The third-order valence-corrected chi connectivity index (χ3v) is 5.76. The Labute approximate surface area is 158 Å². The zero-order valence-corrected chi connectivity index (χ0v) is 17.2. The second-order valence-electron chi connectivity index (χ2n) is 7.02. The molecule has 25 heavy (non-hydrogen) atoms. The molecule has 0 saturated carbocycles. The van der Waals surface area contributed by atoms with E-state index in [9.17, 15) is 9.90 Å². The lowest BCUT2D eigenvalue weighted by molar-refractivity contribution is -0.131. The van der Waals surface area contributed by atoms with Gasteiger partial charge < -0.3 is 14.5 Å². The number of carbonyl (C=O) groups excluding carboxylic acids is 1. The Hall–Kier alpha value is -0.920. The van der Waals surface area contributed by atoms with Gasteiger partial charge in [0, 0.05) is 31.1 Å². The van der Waals surface area contributed by atoms with Crippen LogP contribution in [-0.2, 0) is 11.3 Å². The molecule has 0 spiro atoms. The first-order valence-corrected chi connectivity index (χ1v) is 10.0. The van der Waals surface area contributed by atoms with Gasteiger partial charge in [-0.15, -0.1) is 0 Å². The van der Waals surface area contributed by atoms with E-state index in [0.29, 0.717) is 48.4 Å². The minimum Gasteiger partial charge on any atom is -0.390 e. The van der Waals surface area contributed by atoms with Crippen molar-refractivity contribution in [3.05, 3.63) is 16.4 Å². The first-order valence-electron chi connectivity index (χ1n) is 9.21. The molecule has 2 rings (SSSR count). The SMILES string of the molecule is CCC(C)N(C[C@H](O)[C@@H]1CCC(=O)N1Cc1cc(Br)no1)C(C)CC. The third-order valence-electron chi connectivity index (χ3n) is 5.39. The molecule has 142 valence electrons. The van der Waals surface area contributed by atoms with Crippen molar-refractivity contribution in [1.29, 1.82) is 0 Å². The Balaban J connectivity index is 2.07. The van der Waals surface area contributed by atoms with Crippen LogP contribution in [0.2, 0.25) is 0 Å². The van der Waals surface area contributed by atoms with Crippen molar-refractivity contribution in [3.63, 3.8) is 0 Å². The number of carbonyl (C=O) groups is 1. The molecule has 1 aromatic rings. The lowest BCUT2D eigenvalue weighted by atomic mass is 10.0. The highest BCUT2D eigenvalue weighted by atomic mass is 79.9. The van der Waals surface area contributed by atoms with Crippen molar-refractivity contribution >= 4 is 21.8 Å². The largest absolute Gasteiger partial charge is 0.390 e. The summed E-state index contributed by atoms with van der Waals surface area (Å²) >= 11 is 3.26. The van der Waals surface area contributed by atoms with Crippen LogP contribution in [0.1, 0.15) is 59.1 Å². The maximum Gasteiger partial charge on any atom is 0.223 e. The molecule has 1 aromatic heterocycles. The molecule has 1 N–H and O–H groups in total. The molecule has 4 atom stereocenters. The molecule has 0 aromatic carbocycles. The maximum atomic E-state index is 12.3. The van der Waals surface area contributed by atoms with E-state index in [-0.39, 0.29) is 11.9 Å². The van der Waals surface area contributed by atoms with Gasteiger partial charge in [0.15, 0.2) is 5.76 Å². The lowest BCUT2D eigenvalue weighted by Gasteiger charge is -2.38. The third kappa shape index (κ3) is 5.05. The fraction of sp³-hybridized carbons (Fsp3) is 0.778. The van der Waals surface area contributed by atoms with Crippen LogP contribution in [-0.4, -0.2) is 56.7 Å². The smallest absolute Gasteiger partial charge is 0.223 e. The van der Waals surface area contributed by atoms with Gasteiger partial charge in [-0.1, -0.05) is 19.0 Å². The van der Waals surface area contributed by atoms with Crippen LogP contribution in [0.15, 0.2) is 15.2 Å². The molecule has 1 fully saturated rings. The van der Waals surface area contributed by atoms with Crippen molar-refractivity contribution in [2.24, 2.45) is 0 Å². The quantitative estimate of drug-likeness (QED) is 0.670. The van der Waals surface area contributed by atoms with Crippen molar-refractivity contribution in [1.82, 2.24) is 15.0 Å². The van der Waals surface area contributed by atoms with Gasteiger partial charge in [0.1, 0.15) is 4.60 Å². The van der Waals surface area contributed by atoms with Gasteiger partial charge in [-0.2, -0.15) is 0 Å². The highest BCUT2D eigenvalue weighted by molar-refractivity contribution is 9.10. The van der Waals surface area contributed by atoms with Gasteiger partial charge in [-0.3, -0.25) is 9.69 Å². The standard InChI is InChI=1S/C18H30BrN3O3/c1-5-12(3)21(13(4)6-2)11-16(23)15-7-8-18(24)22(15)10-14-9-17(19)20-25-14/h9,12-13,15-16,23H,5-8,10-11H2,1-4H3/t12?,13?,15-,16-/m0/s1. The van der Waals surface area contributed by atoms with Crippen LogP contribution in [0.5, 0.6) is 0 Å². The fourth-order valence-electron chi connectivity index (χ4n) is 3.49. The number of aromatic nitrogens is 1. The molecule has 7 heteroatoms. The van der Waals surface area contributed by atoms with E-state index < -0.39 is 6.10 Å². The van der Waals surface area contributed by atoms with Gasteiger partial charge in [-0.25, -0.2) is 0 Å². The van der Waals surface area contributed by atoms with Crippen LogP contribution >= 0.6 is 15.9 Å². The molecule has 1 aliphatic rings. The molecule has 1 aliphatic heterocycles. The minimum absolute atomic E-state index is 0.0650. The number of aliphatic hydroxyl groups is 1. The monoisotopic (exact) mass is 415 g/mol. The first kappa shape index (κ1) is 20.4. The number of hydrogen-bond acceptors (Lipinski definition) is 5. The Morgan fingerprint density at radius 3 is 2.56 bits per heavy atom. The number of rotatable bonds is 9. The van der Waals surface area contributed by atoms with E-state index in [2.05, 4.69) is 53.7 Å². The normalized spacial score (nSPS) is 21.8. The molecule has 6 nitrogen and oxygen atoms in total. The van der Waals surface area contributed by atoms with E-state index in [4.69, 9.17) is 4.52 Å². The summed E-state index contributed by atoms with van der Waals surface area (Å²) in [5.41, 5.74) is 0. The molecule has 2 unspecified atom stereocenters. The van der Waals surface area contributed by atoms with E-state index in [1.807, 2.05) is 0 Å². The average molecular weight is 416 g/mol. The van der Waals surface area contributed by atoms with Gasteiger partial charge in [0.05, 0.1) is 18.7 Å². The summed E-state index contributed by atoms with van der Waals surface area (Å²) in [5, 5.41) is 14.7. The van der Waals surface area contributed by atoms with Crippen molar-refractivity contribution in [2.45, 2.75) is 84.2 Å². The number of likely N-dealkylation sites (tertiary alicyclic amines) is 1. The summed E-state index contributed by atoms with van der Waals surface area (Å²) < 4.78 is 5.83. The number of amides is 1. The highest BCUT2D eigenvalue weighted by Crippen LogP contribution is 2.26. The predicted molar refractivity (Wildman–Crippen MR) is 100.0 cm³/mol. The molecule has 1 amide bonds. The van der Waals surface area contributed by atoms with Crippen LogP contribution in [0.3, 0.4) is 0 Å². The van der Waals surface area contributed by atoms with Crippen molar-refractivity contribution in [2.75, 3.05) is 6.54 Å². The number of halogens is 1. The first-order chi connectivity index (χ1) is 11.9. The van der Waals surface area contributed by atoms with Gasteiger partial charge in [0.2, 0.25) is 5.91 Å². The predicted octanol–water partition coefficient (Wildman–Crippen LogP) is 3.19. The Bertz CT molecular complexity index is 556. The molecule has 0 bridgehead atoms. The minimum atomic E-state index is -0.569. The number of nitrogens with zero attached hydrogens (tertiary/aromatic N) is 3. The van der Waals surface area contributed by atoms with Crippen molar-refractivity contribution < 1.29 is 14.4 Å². The topological polar surface area (TPSA) is 69.8 Å². The number of aliphatic hydroxyl groups excluding tert-OH is 1. The summed E-state index contributed by atoms with van der Waals surface area (Å²) in [7, 11) is 0. The molecular weight excluding hydrogens is 386 g/mol. The summed E-state index contributed by atoms with van der Waals surface area (Å²) in [4.78, 5) is 16.4. The molecule has 0 aliphatic carbocycles. The van der Waals surface area contributed by atoms with Crippen LogP contribution in [0, 0.1) is 0 Å². The fourth-order valence-corrected chi connectivity index (χ4v) is 3.82. The second-order valence-corrected chi connectivity index (χ2v) is 7.83. The van der Waals surface area contributed by atoms with E-state index in [0.717, 1.165) is 12.8 Å². The second kappa shape index (κ2) is 9.14. The van der Waals surface area contributed by atoms with E-state index >= 15 is 0 Å². The summed E-state index contributed by atoms with van der Waals surface area (Å²) in [6.07, 6.45) is 2.67. The molecule has 1 saturated heterocycles. The zero-order chi connectivity index (χ0) is 18.6. The zero-order valence-electron chi connectivity index (χ0n) is 15.6. The maximum absolute atomic E-state index is 12.3. The number of hydrogen-bond donors (Lipinski definition) is 1. The Morgan fingerprint density at radius 2 is 2.04 bits per heavy atom. The molecular formula is C18H30BrN3O3. The lowest BCUT2D eigenvalue weighted by Crippen LogP contribution is -2.50. The average Bonchev–Trinajstić information content (AvgIpc) is 3.17. The van der Waals surface area contributed by atoms with Crippen LogP contribution < -0.4 is 0 Å².